The minimum Gasteiger partial charge on any atom is -0.493 e. The summed E-state index contributed by atoms with van der Waals surface area (Å²) in [5.41, 5.74) is 1.73. The molecule has 3 rings (SSSR count). The Morgan fingerprint density at radius 3 is 2.67 bits per heavy atom. The maximum Gasteiger partial charge on any atom is 0.215 e. The number of aromatic hydroxyl groups is 1. The van der Waals surface area contributed by atoms with Crippen molar-refractivity contribution in [1.82, 2.24) is 14.6 Å². The zero-order valence-corrected chi connectivity index (χ0v) is 14.4. The molecule has 0 bridgehead atoms. The molecular weight excluding hydrogens is 332 g/mol. The first-order valence-corrected chi connectivity index (χ1v) is 8.40. The number of aromatic nitrogens is 3. The smallest absolute Gasteiger partial charge is 0.215 e. The Kier molecular flexibility index (Phi) is 4.21. The van der Waals surface area contributed by atoms with Crippen LogP contribution in [0.25, 0.3) is 5.65 Å². The number of fused-ring (bicyclic) bond motifs is 1. The number of thioether (sulfide) groups is 1. The van der Waals surface area contributed by atoms with E-state index in [1.807, 2.05) is 26.8 Å². The largest absolute Gasteiger partial charge is 0.493 e. The average molecular weight is 349 g/mol. The van der Waals surface area contributed by atoms with Crippen LogP contribution < -0.4 is 0 Å². The van der Waals surface area contributed by atoms with Crippen LogP contribution in [0.4, 0.5) is 8.78 Å². The van der Waals surface area contributed by atoms with Crippen LogP contribution in [0.2, 0.25) is 0 Å². The highest BCUT2D eigenvalue weighted by Gasteiger charge is 2.19. The molecule has 0 saturated carbocycles. The Balaban J connectivity index is 1.89. The molecule has 7 heteroatoms. The van der Waals surface area contributed by atoms with Gasteiger partial charge in [-0.05, 0) is 12.1 Å². The maximum atomic E-state index is 13.7. The van der Waals surface area contributed by atoms with Crippen molar-refractivity contribution in [3.05, 3.63) is 53.4 Å². The van der Waals surface area contributed by atoms with Gasteiger partial charge in [-0.2, -0.15) is 9.61 Å². The van der Waals surface area contributed by atoms with E-state index in [-0.39, 0.29) is 16.2 Å². The van der Waals surface area contributed by atoms with Crippen molar-refractivity contribution in [2.75, 3.05) is 0 Å². The van der Waals surface area contributed by atoms with Crippen molar-refractivity contribution in [2.24, 2.45) is 0 Å². The van der Waals surface area contributed by atoms with Crippen LogP contribution in [0, 0.1) is 11.6 Å². The molecule has 0 aliphatic carbocycles. The predicted molar refractivity (Wildman–Crippen MR) is 89.3 cm³/mol. The van der Waals surface area contributed by atoms with Crippen molar-refractivity contribution in [1.29, 1.82) is 0 Å². The van der Waals surface area contributed by atoms with Crippen LogP contribution in [0.1, 0.15) is 32.2 Å². The number of nitrogens with zero attached hydrogens (tertiary/aromatic N) is 3. The minimum absolute atomic E-state index is 0.0363. The van der Waals surface area contributed by atoms with Crippen molar-refractivity contribution in [2.45, 2.75) is 36.8 Å². The SMILES string of the molecule is CC(C)(C)c1cc2nc(CSc3cccc(F)c3F)cc(O)n2n1. The molecule has 0 atom stereocenters. The minimum atomic E-state index is -0.878. The van der Waals surface area contributed by atoms with Crippen molar-refractivity contribution < 1.29 is 13.9 Å². The normalized spacial score (nSPS) is 12.0. The topological polar surface area (TPSA) is 50.4 Å². The van der Waals surface area contributed by atoms with Crippen molar-refractivity contribution in [3.63, 3.8) is 0 Å². The summed E-state index contributed by atoms with van der Waals surface area (Å²) in [4.78, 5) is 4.65. The molecule has 1 aromatic carbocycles. The van der Waals surface area contributed by atoms with E-state index >= 15 is 0 Å². The summed E-state index contributed by atoms with van der Waals surface area (Å²) in [7, 11) is 0. The third-order valence-corrected chi connectivity index (χ3v) is 4.59. The lowest BCUT2D eigenvalue weighted by atomic mass is 9.93. The van der Waals surface area contributed by atoms with Gasteiger partial charge in [-0.15, -0.1) is 11.8 Å². The van der Waals surface area contributed by atoms with Gasteiger partial charge in [0.2, 0.25) is 5.88 Å². The van der Waals surface area contributed by atoms with E-state index in [1.54, 1.807) is 0 Å². The van der Waals surface area contributed by atoms with Gasteiger partial charge in [-0.3, -0.25) is 0 Å². The van der Waals surface area contributed by atoms with Crippen molar-refractivity contribution in [3.8, 4) is 5.88 Å². The number of halogens is 2. The summed E-state index contributed by atoms with van der Waals surface area (Å²) >= 11 is 1.13. The Bertz CT molecular complexity index is 903. The first-order chi connectivity index (χ1) is 11.3. The van der Waals surface area contributed by atoms with E-state index in [9.17, 15) is 13.9 Å². The fourth-order valence-electron chi connectivity index (χ4n) is 2.20. The maximum absolute atomic E-state index is 13.7. The summed E-state index contributed by atoms with van der Waals surface area (Å²) in [6.45, 7) is 6.07. The van der Waals surface area contributed by atoms with Gasteiger partial charge in [0.15, 0.2) is 17.3 Å². The molecule has 2 heterocycles. The second kappa shape index (κ2) is 6.05. The molecule has 0 aliphatic heterocycles. The fraction of sp³-hybridized carbons (Fsp3) is 0.294. The molecule has 0 radical (unpaired) electrons. The van der Waals surface area contributed by atoms with E-state index in [1.165, 1.54) is 22.7 Å². The molecular formula is C17H17F2N3OS. The molecule has 0 unspecified atom stereocenters. The van der Waals surface area contributed by atoms with Gasteiger partial charge in [0.1, 0.15) is 0 Å². The van der Waals surface area contributed by atoms with E-state index in [0.717, 1.165) is 23.5 Å². The third kappa shape index (κ3) is 3.21. The molecule has 0 aliphatic rings. The van der Waals surface area contributed by atoms with Gasteiger partial charge in [0.05, 0.1) is 11.4 Å². The van der Waals surface area contributed by atoms with Gasteiger partial charge in [-0.1, -0.05) is 26.8 Å². The van der Waals surface area contributed by atoms with Crippen LogP contribution in [0.5, 0.6) is 5.88 Å². The standard InChI is InChI=1S/C17H17F2N3OS/c1-17(2,3)13-8-14-20-10(7-15(23)22(14)21-13)9-24-12-6-4-5-11(18)16(12)19/h4-8,23H,9H2,1-3H3. The summed E-state index contributed by atoms with van der Waals surface area (Å²) in [5.74, 6) is -1.48. The van der Waals surface area contributed by atoms with Gasteiger partial charge in [0, 0.05) is 28.2 Å². The lowest BCUT2D eigenvalue weighted by Gasteiger charge is -2.13. The van der Waals surface area contributed by atoms with E-state index in [0.29, 0.717) is 17.1 Å². The molecule has 0 saturated heterocycles. The fourth-order valence-corrected chi connectivity index (χ4v) is 3.05. The number of hydrogen-bond donors (Lipinski definition) is 1. The second-order valence-electron chi connectivity index (χ2n) is 6.50. The molecule has 3 aromatic rings. The Labute approximate surface area is 142 Å². The van der Waals surface area contributed by atoms with Gasteiger partial charge in [-0.25, -0.2) is 13.8 Å². The van der Waals surface area contributed by atoms with Gasteiger partial charge in [0.25, 0.3) is 0 Å². The molecule has 0 fully saturated rings. The monoisotopic (exact) mass is 349 g/mol. The third-order valence-electron chi connectivity index (χ3n) is 3.52. The highest BCUT2D eigenvalue weighted by molar-refractivity contribution is 7.98. The quantitative estimate of drug-likeness (QED) is 0.716. The van der Waals surface area contributed by atoms with Crippen LogP contribution in [-0.2, 0) is 11.2 Å². The summed E-state index contributed by atoms with van der Waals surface area (Å²) in [5, 5.41) is 14.5. The molecule has 4 nitrogen and oxygen atoms in total. The van der Waals surface area contributed by atoms with E-state index in [4.69, 9.17) is 0 Å². The number of rotatable bonds is 3. The summed E-state index contributed by atoms with van der Waals surface area (Å²) in [6, 6.07) is 7.35. The van der Waals surface area contributed by atoms with Crippen LogP contribution in [-0.4, -0.2) is 19.7 Å². The molecule has 0 amide bonds. The van der Waals surface area contributed by atoms with Crippen molar-refractivity contribution >= 4 is 17.4 Å². The lowest BCUT2D eigenvalue weighted by molar-refractivity contribution is 0.431. The first kappa shape index (κ1) is 16.7. The molecule has 126 valence electrons. The summed E-state index contributed by atoms with van der Waals surface area (Å²) < 4.78 is 28.3. The van der Waals surface area contributed by atoms with Gasteiger partial charge >= 0.3 is 0 Å². The highest BCUT2D eigenvalue weighted by Crippen LogP contribution is 2.28. The number of benzene rings is 1. The summed E-state index contributed by atoms with van der Waals surface area (Å²) in [6.07, 6.45) is 0. The zero-order chi connectivity index (χ0) is 17.5. The highest BCUT2D eigenvalue weighted by atomic mass is 32.2. The molecule has 0 spiro atoms. The van der Waals surface area contributed by atoms with Crippen LogP contribution in [0.15, 0.2) is 35.2 Å². The lowest BCUT2D eigenvalue weighted by Crippen LogP contribution is -2.11. The van der Waals surface area contributed by atoms with Crippen LogP contribution >= 0.6 is 11.8 Å². The van der Waals surface area contributed by atoms with E-state index in [2.05, 4.69) is 10.1 Å². The first-order valence-electron chi connectivity index (χ1n) is 7.41. The van der Waals surface area contributed by atoms with Crippen LogP contribution in [0.3, 0.4) is 0 Å². The number of hydrogen-bond acceptors (Lipinski definition) is 4. The Hall–Kier alpha value is -2.15. The Morgan fingerprint density at radius 1 is 1.21 bits per heavy atom. The molecule has 1 N–H and O–H groups in total. The molecule has 24 heavy (non-hydrogen) atoms. The predicted octanol–water partition coefficient (Wildman–Crippen LogP) is 4.30. The zero-order valence-electron chi connectivity index (χ0n) is 13.5. The second-order valence-corrected chi connectivity index (χ2v) is 7.51. The average Bonchev–Trinajstić information content (AvgIpc) is 2.94. The van der Waals surface area contributed by atoms with E-state index < -0.39 is 11.6 Å². The van der Waals surface area contributed by atoms with Gasteiger partial charge < -0.3 is 5.11 Å². The Morgan fingerprint density at radius 2 is 1.96 bits per heavy atom. The molecule has 2 aromatic heterocycles.